The molecule has 2 nitrogen and oxygen atoms in total. The Morgan fingerprint density at radius 3 is 3.00 bits per heavy atom. The zero-order valence-electron chi connectivity index (χ0n) is 12.1. The van der Waals surface area contributed by atoms with Gasteiger partial charge in [-0.25, -0.2) is 0 Å². The first-order chi connectivity index (χ1) is 8.94. The van der Waals surface area contributed by atoms with Gasteiger partial charge in [0.15, 0.2) is 0 Å². The number of thioether (sulfide) groups is 1. The minimum absolute atomic E-state index is 0.181. The largest absolute Gasteiger partial charge is 0.388 e. The van der Waals surface area contributed by atoms with E-state index in [1.54, 1.807) is 11.8 Å². The molecule has 1 aliphatic carbocycles. The Labute approximate surface area is 120 Å². The van der Waals surface area contributed by atoms with Gasteiger partial charge in [0.25, 0.3) is 0 Å². The normalized spacial score (nSPS) is 20.9. The number of aryl methyl sites for hydroxylation is 1. The van der Waals surface area contributed by atoms with Gasteiger partial charge in [0.2, 0.25) is 0 Å². The summed E-state index contributed by atoms with van der Waals surface area (Å²) >= 11 is 1.79. The molecule has 0 aliphatic heterocycles. The second-order valence-electron chi connectivity index (χ2n) is 6.16. The lowest BCUT2D eigenvalue weighted by Gasteiger charge is -2.34. The molecule has 0 fully saturated rings. The molecule has 1 N–H and O–H groups in total. The molecular weight excluding hydrogens is 254 g/mol. The van der Waals surface area contributed by atoms with Gasteiger partial charge in [0.1, 0.15) is 0 Å². The van der Waals surface area contributed by atoms with Crippen LogP contribution in [-0.4, -0.2) is 21.2 Å². The number of hydrogen-bond acceptors (Lipinski definition) is 2. The Balaban J connectivity index is 2.19. The van der Waals surface area contributed by atoms with Crippen LogP contribution in [0.2, 0.25) is 0 Å². The lowest BCUT2D eigenvalue weighted by molar-refractivity contribution is 0.0980. The molecule has 0 radical (unpaired) electrons. The molecule has 1 aromatic heterocycles. The van der Waals surface area contributed by atoms with Gasteiger partial charge in [0, 0.05) is 29.2 Å². The van der Waals surface area contributed by atoms with Gasteiger partial charge < -0.3 is 9.67 Å². The Bertz CT molecular complexity index is 496. The third kappa shape index (κ3) is 3.19. The molecule has 3 heteroatoms. The molecule has 1 aliphatic rings. The van der Waals surface area contributed by atoms with Crippen molar-refractivity contribution in [3.8, 4) is 12.3 Å². The van der Waals surface area contributed by atoms with Crippen molar-refractivity contribution >= 4 is 11.8 Å². The van der Waals surface area contributed by atoms with E-state index in [2.05, 4.69) is 37.3 Å². The van der Waals surface area contributed by atoms with E-state index in [1.807, 2.05) is 0 Å². The summed E-state index contributed by atoms with van der Waals surface area (Å²) in [6.07, 6.45) is 6.87. The van der Waals surface area contributed by atoms with E-state index in [1.165, 1.54) is 11.4 Å². The Morgan fingerprint density at radius 2 is 2.32 bits per heavy atom. The van der Waals surface area contributed by atoms with Crippen LogP contribution in [0.3, 0.4) is 0 Å². The number of aliphatic hydroxyl groups excluding tert-OH is 1. The molecule has 0 bridgehead atoms. The number of hydrogen-bond donors (Lipinski definition) is 1. The number of aliphatic hydroxyl groups is 1. The molecule has 0 spiro atoms. The molecule has 1 aromatic rings. The van der Waals surface area contributed by atoms with Gasteiger partial charge >= 0.3 is 0 Å². The number of nitrogens with zero attached hydrogens (tertiary/aromatic N) is 1. The summed E-state index contributed by atoms with van der Waals surface area (Å²) in [5.41, 5.74) is 3.89. The van der Waals surface area contributed by atoms with Crippen LogP contribution < -0.4 is 0 Å². The van der Waals surface area contributed by atoms with E-state index in [4.69, 9.17) is 6.42 Å². The maximum atomic E-state index is 10.3. The second kappa shape index (κ2) is 5.64. The molecule has 1 heterocycles. The lowest BCUT2D eigenvalue weighted by Crippen LogP contribution is -2.27. The van der Waals surface area contributed by atoms with E-state index in [0.29, 0.717) is 0 Å². The predicted octanol–water partition coefficient (Wildman–Crippen LogP) is 3.17. The van der Waals surface area contributed by atoms with Gasteiger partial charge in [-0.05, 0) is 31.2 Å². The predicted molar refractivity (Wildman–Crippen MR) is 82.4 cm³/mol. The van der Waals surface area contributed by atoms with Crippen molar-refractivity contribution in [1.29, 1.82) is 0 Å². The van der Waals surface area contributed by atoms with Gasteiger partial charge in [-0.15, -0.1) is 18.2 Å². The van der Waals surface area contributed by atoms with Crippen molar-refractivity contribution in [2.75, 3.05) is 11.5 Å². The van der Waals surface area contributed by atoms with E-state index in [9.17, 15) is 5.11 Å². The summed E-state index contributed by atoms with van der Waals surface area (Å²) in [5.74, 6) is 4.46. The van der Waals surface area contributed by atoms with Crippen molar-refractivity contribution in [2.45, 2.75) is 46.3 Å². The summed E-state index contributed by atoms with van der Waals surface area (Å²) in [6, 6.07) is 2.15. The monoisotopic (exact) mass is 277 g/mol. The summed E-state index contributed by atoms with van der Waals surface area (Å²) in [5, 5.41) is 10.3. The molecule has 1 unspecified atom stereocenters. The van der Waals surface area contributed by atoms with Crippen LogP contribution in [0.1, 0.15) is 43.3 Å². The first-order valence-corrected chi connectivity index (χ1v) is 7.98. The highest BCUT2D eigenvalue weighted by atomic mass is 32.2. The fourth-order valence-electron chi connectivity index (χ4n) is 3.00. The minimum atomic E-state index is -0.308. The molecular formula is C16H23NOS. The van der Waals surface area contributed by atoms with Gasteiger partial charge in [-0.1, -0.05) is 19.8 Å². The third-order valence-corrected chi connectivity index (χ3v) is 4.69. The van der Waals surface area contributed by atoms with Crippen molar-refractivity contribution in [3.63, 3.8) is 0 Å². The quantitative estimate of drug-likeness (QED) is 0.675. The fraction of sp³-hybridized carbons (Fsp3) is 0.625. The number of rotatable bonds is 4. The first-order valence-electron chi connectivity index (χ1n) is 6.83. The van der Waals surface area contributed by atoms with Gasteiger partial charge in [0.05, 0.1) is 11.9 Å². The first kappa shape index (κ1) is 14.6. The molecule has 2 rings (SSSR count). The second-order valence-corrected chi connectivity index (χ2v) is 7.26. The van der Waals surface area contributed by atoms with Gasteiger partial charge in [-0.3, -0.25) is 0 Å². The van der Waals surface area contributed by atoms with Crippen molar-refractivity contribution in [3.05, 3.63) is 23.0 Å². The van der Waals surface area contributed by atoms with E-state index in [-0.39, 0.29) is 11.5 Å². The Hall–Kier alpha value is -0.850. The average molecular weight is 277 g/mol. The van der Waals surface area contributed by atoms with Crippen LogP contribution in [-0.2, 0) is 13.0 Å². The zero-order valence-corrected chi connectivity index (χ0v) is 12.9. The maximum Gasteiger partial charge on any atom is 0.0812 e. The summed E-state index contributed by atoms with van der Waals surface area (Å²) < 4.78 is 2.36. The lowest BCUT2D eigenvalue weighted by atomic mass is 9.75. The van der Waals surface area contributed by atoms with Gasteiger partial charge in [-0.2, -0.15) is 0 Å². The molecule has 0 saturated heterocycles. The van der Waals surface area contributed by atoms with Crippen LogP contribution >= 0.6 is 11.8 Å². The molecule has 0 saturated carbocycles. The van der Waals surface area contributed by atoms with E-state index >= 15 is 0 Å². The standard InChI is InChI=1S/C16H23NOS/c1-5-7-19-8-6-17-12(2)9-13-14(17)10-16(3,4)11-15(13)18/h1,9,15,18H,6-8,10-11H2,2-4H3. The highest BCUT2D eigenvalue weighted by Gasteiger charge is 2.33. The topological polar surface area (TPSA) is 25.2 Å². The third-order valence-electron chi connectivity index (χ3n) is 3.84. The van der Waals surface area contributed by atoms with Crippen LogP contribution in [0, 0.1) is 24.7 Å². The number of terminal acetylenes is 1. The summed E-state index contributed by atoms with van der Waals surface area (Å²) in [4.78, 5) is 0. The number of aromatic nitrogens is 1. The molecule has 19 heavy (non-hydrogen) atoms. The molecule has 0 aromatic carbocycles. The fourth-order valence-corrected chi connectivity index (χ4v) is 3.57. The molecule has 1 atom stereocenters. The Morgan fingerprint density at radius 1 is 1.58 bits per heavy atom. The van der Waals surface area contributed by atoms with Crippen molar-refractivity contribution in [1.82, 2.24) is 4.57 Å². The van der Waals surface area contributed by atoms with Crippen molar-refractivity contribution in [2.24, 2.45) is 5.41 Å². The van der Waals surface area contributed by atoms with Crippen LogP contribution in [0.4, 0.5) is 0 Å². The highest BCUT2D eigenvalue weighted by molar-refractivity contribution is 7.99. The highest BCUT2D eigenvalue weighted by Crippen LogP contribution is 2.41. The van der Waals surface area contributed by atoms with E-state index < -0.39 is 0 Å². The van der Waals surface area contributed by atoms with Crippen LogP contribution in [0.5, 0.6) is 0 Å². The average Bonchev–Trinajstić information content (AvgIpc) is 2.61. The Kier molecular flexibility index (Phi) is 4.32. The number of fused-ring (bicyclic) bond motifs is 1. The molecule has 104 valence electrons. The zero-order chi connectivity index (χ0) is 14.0. The summed E-state index contributed by atoms with van der Waals surface area (Å²) in [7, 11) is 0. The maximum absolute atomic E-state index is 10.3. The SMILES string of the molecule is C#CCSCCn1c(C)cc2c1CC(C)(C)CC2O. The van der Waals surface area contributed by atoms with Crippen LogP contribution in [0.25, 0.3) is 0 Å². The minimum Gasteiger partial charge on any atom is -0.388 e. The van der Waals surface area contributed by atoms with E-state index in [0.717, 1.165) is 36.5 Å². The van der Waals surface area contributed by atoms with Crippen molar-refractivity contribution < 1.29 is 5.11 Å². The van der Waals surface area contributed by atoms with Crippen LogP contribution in [0.15, 0.2) is 6.07 Å². The smallest absolute Gasteiger partial charge is 0.0812 e. The summed E-state index contributed by atoms with van der Waals surface area (Å²) in [6.45, 7) is 7.58. The molecule has 0 amide bonds.